The van der Waals surface area contributed by atoms with Crippen molar-refractivity contribution in [2.45, 2.75) is 33.4 Å². The Bertz CT molecular complexity index is 3100. The maximum absolute atomic E-state index is 12.1. The van der Waals surface area contributed by atoms with Crippen molar-refractivity contribution in [3.63, 3.8) is 0 Å². The van der Waals surface area contributed by atoms with Gasteiger partial charge in [0.25, 0.3) is 56.5 Å². The van der Waals surface area contributed by atoms with E-state index in [4.69, 9.17) is 4.55 Å². The number of non-ortho nitro benzene ring substituents is 4. The average molecular weight is 1220 g/mol. The second kappa shape index (κ2) is 32.5. The molecule has 4 rings (SSSR count). The molecule has 39 heteroatoms. The van der Waals surface area contributed by atoms with Crippen LogP contribution in [0.1, 0.15) is 55.3 Å². The van der Waals surface area contributed by atoms with Crippen molar-refractivity contribution in [2.24, 2.45) is 0 Å². The van der Waals surface area contributed by atoms with Gasteiger partial charge in [-0.2, -0.15) is 8.42 Å². The van der Waals surface area contributed by atoms with E-state index in [2.05, 4.69) is 0 Å². The first-order valence-corrected chi connectivity index (χ1v) is 25.2. The molecule has 0 aliphatic carbocycles. The molecule has 1 N–H and O–H groups in total. The summed E-state index contributed by atoms with van der Waals surface area (Å²) < 4.78 is 131. The summed E-state index contributed by atoms with van der Waals surface area (Å²) in [4.78, 5) is 87.0. The molecule has 32 nitrogen and oxygen atoms in total. The number of nitro groups is 4. The minimum atomic E-state index is -4.99. The fourth-order valence-corrected chi connectivity index (χ4v) is 8.22. The number of hydrogen-bond donors (Lipinski definition) is 1. The summed E-state index contributed by atoms with van der Waals surface area (Å²) in [7, 11) is -11.4. The molecule has 77 heavy (non-hydrogen) atoms. The van der Waals surface area contributed by atoms with Crippen LogP contribution in [0, 0.1) is 40.5 Å². The Hall–Kier alpha value is -3.73. The zero-order valence-corrected chi connectivity index (χ0v) is 53.9. The molecule has 0 aliphatic rings. The van der Waals surface area contributed by atoms with Gasteiger partial charge in [-0.05, 0) is 38.1 Å². The number of nitrogens with zero attached hydrogens (tertiary/aromatic N) is 8. The topological polar surface area (TPSA) is 480 Å². The summed E-state index contributed by atoms with van der Waals surface area (Å²) in [6.07, 6.45) is 0. The van der Waals surface area contributed by atoms with Crippen LogP contribution >= 0.6 is 0 Å². The molecule has 4 aromatic rings. The quantitative estimate of drug-likeness (QED) is 0.0530. The number of benzene rings is 4. The fourth-order valence-electron chi connectivity index (χ4n) is 5.44. The van der Waals surface area contributed by atoms with Gasteiger partial charge in [-0.15, -0.1) is 0 Å². The molecule has 0 fully saturated rings. The van der Waals surface area contributed by atoms with Crippen molar-refractivity contribution in [3.8, 4) is 0 Å². The van der Waals surface area contributed by atoms with Crippen LogP contribution in [-0.2, 0) is 40.5 Å². The van der Waals surface area contributed by atoms with Crippen molar-refractivity contribution in [1.29, 1.82) is 0 Å². The van der Waals surface area contributed by atoms with Gasteiger partial charge in [-0.3, -0.25) is 64.2 Å². The molecular formula is C38H41K2N8NaO24S4. The maximum Gasteiger partial charge on any atom is 1.00 e. The molecule has 4 amide bonds. The second-order valence-electron chi connectivity index (χ2n) is 14.7. The van der Waals surface area contributed by atoms with Crippen LogP contribution in [0.5, 0.6) is 0 Å². The number of carbonyl (C=O) groups is 4. The predicted octanol–water partition coefficient (Wildman–Crippen LogP) is -7.06. The van der Waals surface area contributed by atoms with Crippen molar-refractivity contribution >= 4 is 86.9 Å². The van der Waals surface area contributed by atoms with Gasteiger partial charge in [0, 0.05) is 104 Å². The molecular weight excluding hydrogens is 1180 g/mol. The van der Waals surface area contributed by atoms with Gasteiger partial charge >= 0.3 is 132 Å². The van der Waals surface area contributed by atoms with Crippen molar-refractivity contribution < 1.29 is 223 Å². The normalized spacial score (nSPS) is 10.6. The standard InChI is InChI=1S/C11H14N2O6S.3C9H10N2O6S.2K.Na/c1-3-12(4-2)11(14)9-6-5-8(13(15)16)7-10(9)20(17,18)19;3*1-10(2)9(12)7-4-3-6(11(13)14)5-8(7)18(15,16)17;;;/h5-7H,3-4H2,1-2H3,(H,17,18,19);3*3-5H,1-2H3,(H,15,16,17);;;/q;;;;3*+1/p-3. The molecule has 0 heterocycles. The number of nitro benzene ring substituents is 4. The largest absolute Gasteiger partial charge is 1.00 e. The number of hydrogen-bond acceptors (Lipinski definition) is 23. The van der Waals surface area contributed by atoms with Crippen LogP contribution in [0.15, 0.2) is 92.4 Å². The van der Waals surface area contributed by atoms with Crippen LogP contribution in [0.25, 0.3) is 0 Å². The summed E-state index contributed by atoms with van der Waals surface area (Å²) in [5, 5.41) is 42.2. The smallest absolute Gasteiger partial charge is 0.744 e. The molecule has 0 radical (unpaired) electrons. The fraction of sp³-hybridized carbons (Fsp3) is 0.263. The number of rotatable bonds is 14. The predicted molar refractivity (Wildman–Crippen MR) is 247 cm³/mol. The Kier molecular flexibility index (Phi) is 32.7. The summed E-state index contributed by atoms with van der Waals surface area (Å²) >= 11 is 0. The molecule has 0 bridgehead atoms. The Morgan fingerprint density at radius 2 is 0.623 bits per heavy atom. The van der Waals surface area contributed by atoms with Crippen LogP contribution in [-0.4, -0.2) is 170 Å². The first-order chi connectivity index (χ1) is 33.6. The van der Waals surface area contributed by atoms with E-state index in [-0.39, 0.29) is 155 Å². The van der Waals surface area contributed by atoms with Gasteiger partial charge in [-0.1, -0.05) is 0 Å². The van der Waals surface area contributed by atoms with E-state index >= 15 is 0 Å². The molecule has 0 unspecified atom stereocenters. The SMILES string of the molecule is CCN(CC)C(=O)c1ccc([N+](=O)[O-])cc1S(=O)(=O)[O-].CN(C)C(=O)c1ccc([N+](=O)[O-])cc1S(=O)(=O)O.CN(C)C(=O)c1ccc([N+](=O)[O-])cc1S(=O)(=O)[O-].CN(C)C(=O)c1ccc([N+](=O)[O-])cc1S(=O)(=O)[O-].[K+].[K+].[Na+]. The minimum Gasteiger partial charge on any atom is -0.744 e. The van der Waals surface area contributed by atoms with E-state index in [0.717, 1.165) is 63.2 Å². The number of carbonyl (C=O) groups excluding carboxylic acids is 4. The van der Waals surface area contributed by atoms with Crippen molar-refractivity contribution in [3.05, 3.63) is 136 Å². The molecule has 0 aromatic heterocycles. The van der Waals surface area contributed by atoms with Crippen LogP contribution in [0.3, 0.4) is 0 Å². The van der Waals surface area contributed by atoms with E-state index in [9.17, 15) is 107 Å². The monoisotopic (exact) mass is 1220 g/mol. The molecule has 0 saturated heterocycles. The summed E-state index contributed by atoms with van der Waals surface area (Å²) in [5.41, 5.74) is -3.68. The van der Waals surface area contributed by atoms with Crippen LogP contribution in [0.4, 0.5) is 22.7 Å². The van der Waals surface area contributed by atoms with E-state index in [0.29, 0.717) is 37.4 Å². The third-order valence-corrected chi connectivity index (χ3v) is 12.5. The molecule has 404 valence electrons. The van der Waals surface area contributed by atoms with Gasteiger partial charge in [0.1, 0.15) is 35.2 Å². The Labute approximate surface area is 546 Å². The first-order valence-electron chi connectivity index (χ1n) is 19.6. The van der Waals surface area contributed by atoms with Crippen molar-refractivity contribution in [1.82, 2.24) is 19.6 Å². The van der Waals surface area contributed by atoms with E-state index < -0.39 is 126 Å². The average Bonchev–Trinajstić information content (AvgIpc) is 3.29. The minimum absolute atomic E-state index is 0. The summed E-state index contributed by atoms with van der Waals surface area (Å²) in [5.74, 6) is -2.78. The first kappa shape index (κ1) is 77.5. The van der Waals surface area contributed by atoms with E-state index in [1.807, 2.05) is 0 Å². The molecule has 0 saturated carbocycles. The molecule has 0 spiro atoms. The second-order valence-corrected chi connectivity index (χ2v) is 20.1. The summed E-state index contributed by atoms with van der Waals surface area (Å²) in [6.45, 7) is 4.03. The molecule has 4 aromatic carbocycles. The Morgan fingerprint density at radius 1 is 0.429 bits per heavy atom. The Morgan fingerprint density at radius 3 is 0.792 bits per heavy atom. The third kappa shape index (κ3) is 23.1. The van der Waals surface area contributed by atoms with Gasteiger partial charge in [0.05, 0.1) is 56.6 Å². The zero-order valence-electron chi connectivity index (χ0n) is 42.4. The van der Waals surface area contributed by atoms with Gasteiger partial charge < -0.3 is 33.3 Å². The van der Waals surface area contributed by atoms with Gasteiger partial charge in [0.2, 0.25) is 0 Å². The number of amides is 4. The third-order valence-electron chi connectivity index (χ3n) is 8.98. The zero-order chi connectivity index (χ0) is 57.8. The maximum atomic E-state index is 12.1. The van der Waals surface area contributed by atoms with E-state index in [1.165, 1.54) is 47.2 Å². The van der Waals surface area contributed by atoms with Crippen LogP contribution < -0.4 is 132 Å². The molecule has 0 aliphatic heterocycles. The Balaban J connectivity index is -0.000000937. The van der Waals surface area contributed by atoms with E-state index in [1.54, 1.807) is 13.8 Å². The van der Waals surface area contributed by atoms with Gasteiger partial charge in [-0.25, -0.2) is 25.3 Å². The van der Waals surface area contributed by atoms with Crippen LogP contribution in [0.2, 0.25) is 0 Å². The van der Waals surface area contributed by atoms with Crippen molar-refractivity contribution in [2.75, 3.05) is 55.4 Å². The summed E-state index contributed by atoms with van der Waals surface area (Å²) in [6, 6.07) is 10.2. The van der Waals surface area contributed by atoms with Gasteiger partial charge in [0.15, 0.2) is 0 Å². The molecule has 0 atom stereocenters.